The number of hydrogen-bond acceptors (Lipinski definition) is 3. The van der Waals surface area contributed by atoms with E-state index in [-0.39, 0.29) is 5.41 Å². The highest BCUT2D eigenvalue weighted by atomic mass is 16.5. The normalized spacial score (nSPS) is 22.8. The van der Waals surface area contributed by atoms with Crippen LogP contribution in [0.3, 0.4) is 0 Å². The predicted molar refractivity (Wildman–Crippen MR) is 81.9 cm³/mol. The van der Waals surface area contributed by atoms with E-state index >= 15 is 0 Å². The molecule has 21 heavy (non-hydrogen) atoms. The monoisotopic (exact) mass is 286 g/mol. The van der Waals surface area contributed by atoms with Gasteiger partial charge >= 0.3 is 0 Å². The van der Waals surface area contributed by atoms with E-state index in [9.17, 15) is 0 Å². The van der Waals surface area contributed by atoms with Gasteiger partial charge in [0.05, 0.1) is 12.5 Å². The molecule has 0 amide bonds. The second-order valence-corrected chi connectivity index (χ2v) is 5.69. The molecule has 1 aromatic carbocycles. The number of furan rings is 1. The number of benzene rings is 1. The average molecular weight is 286 g/mol. The maximum absolute atomic E-state index is 6.01. The lowest BCUT2D eigenvalue weighted by Gasteiger charge is -2.31. The van der Waals surface area contributed by atoms with Crippen molar-refractivity contribution in [1.29, 1.82) is 0 Å². The Kier molecular flexibility index (Phi) is 4.02. The molecule has 112 valence electrons. The van der Waals surface area contributed by atoms with Crippen molar-refractivity contribution in [1.82, 2.24) is 0 Å². The average Bonchev–Trinajstić information content (AvgIpc) is 2.82. The zero-order valence-corrected chi connectivity index (χ0v) is 12.7. The van der Waals surface area contributed by atoms with Crippen molar-refractivity contribution in [2.45, 2.75) is 31.6 Å². The molecule has 1 aliphatic heterocycles. The van der Waals surface area contributed by atoms with E-state index in [4.69, 9.17) is 13.9 Å². The number of rotatable bonds is 3. The van der Waals surface area contributed by atoms with E-state index in [0.29, 0.717) is 0 Å². The maximum atomic E-state index is 6.01. The van der Waals surface area contributed by atoms with Crippen molar-refractivity contribution in [3.8, 4) is 5.75 Å². The van der Waals surface area contributed by atoms with Gasteiger partial charge in [-0.3, -0.25) is 0 Å². The van der Waals surface area contributed by atoms with Crippen LogP contribution >= 0.6 is 0 Å². The second-order valence-electron chi connectivity index (χ2n) is 5.69. The topological polar surface area (TPSA) is 31.6 Å². The largest absolute Gasteiger partial charge is 0.497 e. The molecule has 2 aromatic rings. The molecule has 1 unspecified atom stereocenters. The Hall–Kier alpha value is -1.74. The summed E-state index contributed by atoms with van der Waals surface area (Å²) >= 11 is 0. The lowest BCUT2D eigenvalue weighted by Crippen LogP contribution is -2.27. The molecule has 0 spiro atoms. The Morgan fingerprint density at radius 2 is 1.81 bits per heavy atom. The summed E-state index contributed by atoms with van der Waals surface area (Å²) < 4.78 is 17.0. The van der Waals surface area contributed by atoms with Gasteiger partial charge in [-0.15, -0.1) is 0 Å². The molecule has 3 nitrogen and oxygen atoms in total. The fourth-order valence-electron chi connectivity index (χ4n) is 3.23. The van der Waals surface area contributed by atoms with E-state index in [2.05, 4.69) is 18.2 Å². The SMILES string of the molecule is COc1ccc(C2(c3ccc(C)o3)CCCOCC2)cc1. The van der Waals surface area contributed by atoms with Crippen molar-refractivity contribution in [3.63, 3.8) is 0 Å². The Morgan fingerprint density at radius 3 is 2.48 bits per heavy atom. The molecule has 2 heterocycles. The van der Waals surface area contributed by atoms with E-state index < -0.39 is 0 Å². The van der Waals surface area contributed by atoms with Crippen molar-refractivity contribution in [2.75, 3.05) is 20.3 Å². The molecule has 0 aliphatic carbocycles. The zero-order valence-electron chi connectivity index (χ0n) is 12.7. The second kappa shape index (κ2) is 5.94. The lowest BCUT2D eigenvalue weighted by molar-refractivity contribution is 0.140. The smallest absolute Gasteiger partial charge is 0.118 e. The molecule has 1 fully saturated rings. The third kappa shape index (κ3) is 2.70. The van der Waals surface area contributed by atoms with Crippen LogP contribution in [0.15, 0.2) is 40.8 Å². The van der Waals surface area contributed by atoms with Crippen LogP contribution in [-0.4, -0.2) is 20.3 Å². The molecule has 1 aliphatic rings. The van der Waals surface area contributed by atoms with Crippen LogP contribution < -0.4 is 4.74 Å². The van der Waals surface area contributed by atoms with Gasteiger partial charge in [0, 0.05) is 13.2 Å². The fraction of sp³-hybridized carbons (Fsp3) is 0.444. The van der Waals surface area contributed by atoms with Gasteiger partial charge in [-0.1, -0.05) is 12.1 Å². The first-order valence-electron chi connectivity index (χ1n) is 7.54. The Morgan fingerprint density at radius 1 is 1.00 bits per heavy atom. The summed E-state index contributed by atoms with van der Waals surface area (Å²) in [6, 6.07) is 12.5. The number of methoxy groups -OCH3 is 1. The molecule has 3 heteroatoms. The summed E-state index contributed by atoms with van der Waals surface area (Å²) in [6.07, 6.45) is 3.05. The molecule has 1 saturated heterocycles. The van der Waals surface area contributed by atoms with E-state index in [0.717, 1.165) is 49.7 Å². The summed E-state index contributed by atoms with van der Waals surface area (Å²) in [5, 5.41) is 0. The summed E-state index contributed by atoms with van der Waals surface area (Å²) in [6.45, 7) is 3.60. The standard InChI is InChI=1S/C18H22O3/c1-14-4-9-17(21-14)18(10-3-12-20-13-11-18)15-5-7-16(19-2)8-6-15/h4-9H,3,10-13H2,1-2H3. The van der Waals surface area contributed by atoms with Crippen LogP contribution in [0, 0.1) is 6.92 Å². The van der Waals surface area contributed by atoms with E-state index in [1.165, 1.54) is 5.56 Å². The van der Waals surface area contributed by atoms with Gasteiger partial charge in [-0.25, -0.2) is 0 Å². The Bertz CT molecular complexity index is 575. The molecular formula is C18H22O3. The van der Waals surface area contributed by atoms with Crippen LogP contribution in [0.1, 0.15) is 36.3 Å². The quantitative estimate of drug-likeness (QED) is 0.852. The first-order chi connectivity index (χ1) is 10.2. The van der Waals surface area contributed by atoms with Crippen LogP contribution in [-0.2, 0) is 10.2 Å². The number of ether oxygens (including phenoxy) is 2. The van der Waals surface area contributed by atoms with Gasteiger partial charge in [0.2, 0.25) is 0 Å². The summed E-state index contributed by atoms with van der Waals surface area (Å²) in [5.41, 5.74) is 1.19. The van der Waals surface area contributed by atoms with Crippen molar-refractivity contribution < 1.29 is 13.9 Å². The molecular weight excluding hydrogens is 264 g/mol. The lowest BCUT2D eigenvalue weighted by atomic mass is 9.72. The number of aryl methyl sites for hydroxylation is 1. The summed E-state index contributed by atoms with van der Waals surface area (Å²) in [5.74, 6) is 2.90. The van der Waals surface area contributed by atoms with E-state index in [1.807, 2.05) is 25.1 Å². The van der Waals surface area contributed by atoms with Crippen LogP contribution in [0.5, 0.6) is 5.75 Å². The zero-order chi connectivity index (χ0) is 14.7. The van der Waals surface area contributed by atoms with E-state index in [1.54, 1.807) is 7.11 Å². The van der Waals surface area contributed by atoms with Gasteiger partial charge in [-0.2, -0.15) is 0 Å². The third-order valence-electron chi connectivity index (χ3n) is 4.42. The minimum Gasteiger partial charge on any atom is -0.497 e. The highest BCUT2D eigenvalue weighted by Crippen LogP contribution is 2.42. The van der Waals surface area contributed by atoms with Crippen molar-refractivity contribution >= 4 is 0 Å². The predicted octanol–water partition coefficient (Wildman–Crippen LogP) is 4.08. The molecule has 1 atom stereocenters. The van der Waals surface area contributed by atoms with Crippen molar-refractivity contribution in [3.05, 3.63) is 53.5 Å². The third-order valence-corrected chi connectivity index (χ3v) is 4.42. The van der Waals surface area contributed by atoms with Gasteiger partial charge in [0.15, 0.2) is 0 Å². The van der Waals surface area contributed by atoms with Crippen LogP contribution in [0.4, 0.5) is 0 Å². The summed E-state index contributed by atoms with van der Waals surface area (Å²) in [7, 11) is 1.69. The molecule has 1 aromatic heterocycles. The molecule has 0 N–H and O–H groups in total. The van der Waals surface area contributed by atoms with Gasteiger partial charge < -0.3 is 13.9 Å². The van der Waals surface area contributed by atoms with Gasteiger partial charge in [-0.05, 0) is 56.0 Å². The Labute approximate surface area is 125 Å². The highest BCUT2D eigenvalue weighted by Gasteiger charge is 2.37. The minimum absolute atomic E-state index is 0.0863. The number of hydrogen-bond donors (Lipinski definition) is 0. The Balaban J connectivity index is 2.05. The maximum Gasteiger partial charge on any atom is 0.118 e. The summed E-state index contributed by atoms with van der Waals surface area (Å²) in [4.78, 5) is 0. The molecule has 0 bridgehead atoms. The van der Waals surface area contributed by atoms with Crippen LogP contribution in [0.2, 0.25) is 0 Å². The van der Waals surface area contributed by atoms with Gasteiger partial charge in [0.25, 0.3) is 0 Å². The van der Waals surface area contributed by atoms with Crippen molar-refractivity contribution in [2.24, 2.45) is 0 Å². The first kappa shape index (κ1) is 14.2. The molecule has 3 rings (SSSR count). The fourth-order valence-corrected chi connectivity index (χ4v) is 3.23. The molecule has 0 radical (unpaired) electrons. The highest BCUT2D eigenvalue weighted by molar-refractivity contribution is 5.38. The van der Waals surface area contributed by atoms with Gasteiger partial charge in [0.1, 0.15) is 17.3 Å². The van der Waals surface area contributed by atoms with Crippen LogP contribution in [0.25, 0.3) is 0 Å². The molecule has 0 saturated carbocycles. The first-order valence-corrected chi connectivity index (χ1v) is 7.54. The minimum atomic E-state index is -0.0863.